The highest BCUT2D eigenvalue weighted by molar-refractivity contribution is 4.81. The monoisotopic (exact) mass is 185 g/mol. The van der Waals surface area contributed by atoms with E-state index >= 15 is 0 Å². The maximum Gasteiger partial charge on any atom is 0.0662 e. The van der Waals surface area contributed by atoms with Crippen molar-refractivity contribution in [3.05, 3.63) is 0 Å². The minimum atomic E-state index is -0.242. The summed E-state index contributed by atoms with van der Waals surface area (Å²) in [5.41, 5.74) is 0. The van der Waals surface area contributed by atoms with Crippen LogP contribution in [0.5, 0.6) is 0 Å². The Hall–Kier alpha value is -0.0800. The molecule has 2 nitrogen and oxygen atoms in total. The normalized spacial score (nSPS) is 24.0. The molecular weight excluding hydrogens is 162 g/mol. The van der Waals surface area contributed by atoms with Crippen molar-refractivity contribution in [2.45, 2.75) is 64.6 Å². The van der Waals surface area contributed by atoms with Gasteiger partial charge in [0.15, 0.2) is 0 Å². The van der Waals surface area contributed by atoms with Gasteiger partial charge in [0.05, 0.1) is 6.10 Å². The fraction of sp³-hybridized carbons (Fsp3) is 1.00. The first-order valence-corrected chi connectivity index (χ1v) is 5.57. The fourth-order valence-electron chi connectivity index (χ4n) is 1.62. The zero-order valence-electron chi connectivity index (χ0n) is 9.09. The maximum absolute atomic E-state index is 9.35. The van der Waals surface area contributed by atoms with E-state index in [9.17, 15) is 5.11 Å². The predicted octanol–water partition coefficient (Wildman–Crippen LogP) is 1.92. The van der Waals surface area contributed by atoms with Crippen LogP contribution in [-0.2, 0) is 0 Å². The van der Waals surface area contributed by atoms with E-state index in [1.54, 1.807) is 0 Å². The van der Waals surface area contributed by atoms with Crippen LogP contribution in [0.25, 0.3) is 0 Å². The third kappa shape index (κ3) is 4.10. The molecule has 0 aromatic carbocycles. The Bertz CT molecular complexity index is 143. The Morgan fingerprint density at radius 2 is 2.00 bits per heavy atom. The van der Waals surface area contributed by atoms with E-state index in [1.165, 1.54) is 25.7 Å². The molecule has 13 heavy (non-hydrogen) atoms. The van der Waals surface area contributed by atoms with Gasteiger partial charge in [-0.25, -0.2) is 0 Å². The molecule has 3 unspecified atom stereocenters. The molecule has 0 spiro atoms. The van der Waals surface area contributed by atoms with Crippen molar-refractivity contribution in [2.75, 3.05) is 0 Å². The van der Waals surface area contributed by atoms with Gasteiger partial charge in [0.25, 0.3) is 0 Å². The van der Waals surface area contributed by atoms with E-state index in [-0.39, 0.29) is 12.1 Å². The third-order valence-electron chi connectivity index (χ3n) is 3.03. The van der Waals surface area contributed by atoms with Crippen LogP contribution in [0.2, 0.25) is 0 Å². The Morgan fingerprint density at radius 3 is 2.38 bits per heavy atom. The second-order valence-electron chi connectivity index (χ2n) is 4.48. The van der Waals surface area contributed by atoms with Crippen LogP contribution in [0.15, 0.2) is 0 Å². The molecule has 0 radical (unpaired) electrons. The first-order valence-electron chi connectivity index (χ1n) is 5.57. The molecule has 0 saturated heterocycles. The zero-order valence-corrected chi connectivity index (χ0v) is 9.09. The third-order valence-corrected chi connectivity index (χ3v) is 3.03. The number of hydrogen-bond acceptors (Lipinski definition) is 2. The second kappa shape index (κ2) is 4.97. The average Bonchev–Trinajstić information content (AvgIpc) is 2.86. The van der Waals surface area contributed by atoms with Gasteiger partial charge < -0.3 is 10.4 Å². The summed E-state index contributed by atoms with van der Waals surface area (Å²) in [5.74, 6) is 0.971. The second-order valence-corrected chi connectivity index (χ2v) is 4.48. The Balaban J connectivity index is 2.20. The summed E-state index contributed by atoms with van der Waals surface area (Å²) in [6, 6.07) is 0.834. The minimum absolute atomic E-state index is 0.226. The first kappa shape index (κ1) is 11.0. The summed E-state index contributed by atoms with van der Waals surface area (Å²) < 4.78 is 0. The number of aliphatic hydroxyl groups is 1. The largest absolute Gasteiger partial charge is 0.392 e. The van der Waals surface area contributed by atoms with Crippen molar-refractivity contribution < 1.29 is 5.11 Å². The quantitative estimate of drug-likeness (QED) is 0.662. The van der Waals surface area contributed by atoms with Crippen molar-refractivity contribution in [2.24, 2.45) is 5.92 Å². The van der Waals surface area contributed by atoms with Crippen molar-refractivity contribution in [3.63, 3.8) is 0 Å². The molecule has 78 valence electrons. The smallest absolute Gasteiger partial charge is 0.0662 e. The first-order chi connectivity index (χ1) is 6.13. The van der Waals surface area contributed by atoms with Crippen LogP contribution in [-0.4, -0.2) is 23.3 Å². The molecule has 0 aliphatic heterocycles. The molecule has 3 atom stereocenters. The van der Waals surface area contributed by atoms with Crippen molar-refractivity contribution >= 4 is 0 Å². The molecule has 1 aliphatic rings. The molecule has 0 bridgehead atoms. The minimum Gasteiger partial charge on any atom is -0.392 e. The summed E-state index contributed by atoms with van der Waals surface area (Å²) in [6.07, 6.45) is 5.07. The number of nitrogens with one attached hydrogen (secondary N) is 1. The fourth-order valence-corrected chi connectivity index (χ4v) is 1.62. The average molecular weight is 185 g/mol. The Labute approximate surface area is 81.7 Å². The van der Waals surface area contributed by atoms with Gasteiger partial charge in [0, 0.05) is 12.1 Å². The zero-order chi connectivity index (χ0) is 9.84. The van der Waals surface area contributed by atoms with Crippen molar-refractivity contribution in [3.8, 4) is 0 Å². The molecule has 1 fully saturated rings. The molecule has 1 saturated carbocycles. The molecule has 1 rings (SSSR count). The van der Waals surface area contributed by atoms with Crippen molar-refractivity contribution in [1.29, 1.82) is 0 Å². The molecule has 0 aromatic rings. The van der Waals surface area contributed by atoms with Crippen LogP contribution >= 0.6 is 0 Å². The lowest BCUT2D eigenvalue weighted by Gasteiger charge is -2.24. The summed E-state index contributed by atoms with van der Waals surface area (Å²) in [6.45, 7) is 6.12. The summed E-state index contributed by atoms with van der Waals surface area (Å²) >= 11 is 0. The molecule has 1 aliphatic carbocycles. The van der Waals surface area contributed by atoms with E-state index < -0.39 is 0 Å². The highest BCUT2D eigenvalue weighted by Crippen LogP contribution is 2.34. The van der Waals surface area contributed by atoms with E-state index in [4.69, 9.17) is 0 Å². The van der Waals surface area contributed by atoms with Gasteiger partial charge >= 0.3 is 0 Å². The van der Waals surface area contributed by atoms with E-state index in [2.05, 4.69) is 19.2 Å². The van der Waals surface area contributed by atoms with Crippen molar-refractivity contribution in [1.82, 2.24) is 5.32 Å². The van der Waals surface area contributed by atoms with E-state index in [0.29, 0.717) is 6.04 Å². The molecule has 0 amide bonds. The number of aliphatic hydroxyl groups excluding tert-OH is 1. The van der Waals surface area contributed by atoms with Crippen LogP contribution in [0.3, 0.4) is 0 Å². The lowest BCUT2D eigenvalue weighted by molar-refractivity contribution is 0.143. The Morgan fingerprint density at radius 1 is 1.38 bits per heavy atom. The highest BCUT2D eigenvalue weighted by atomic mass is 16.3. The SMILES string of the molecule is CCC(CC1CC1)NC(C)C(C)O. The van der Waals surface area contributed by atoms with Gasteiger partial charge in [-0.1, -0.05) is 19.8 Å². The molecule has 0 heterocycles. The summed E-state index contributed by atoms with van der Waals surface area (Å²) in [7, 11) is 0. The maximum atomic E-state index is 9.35. The van der Waals surface area contributed by atoms with Crippen LogP contribution in [0.1, 0.15) is 46.5 Å². The van der Waals surface area contributed by atoms with Gasteiger partial charge in [-0.05, 0) is 32.6 Å². The van der Waals surface area contributed by atoms with Gasteiger partial charge in [-0.3, -0.25) is 0 Å². The van der Waals surface area contributed by atoms with Gasteiger partial charge in [-0.15, -0.1) is 0 Å². The standard InChI is InChI=1S/C11H23NO/c1-4-11(7-10-5-6-10)12-8(2)9(3)13/h8-13H,4-7H2,1-3H3. The van der Waals surface area contributed by atoms with Crippen LogP contribution in [0.4, 0.5) is 0 Å². The topological polar surface area (TPSA) is 32.3 Å². The van der Waals surface area contributed by atoms with E-state index in [1.807, 2.05) is 6.92 Å². The van der Waals surface area contributed by atoms with Gasteiger partial charge in [0.2, 0.25) is 0 Å². The molecule has 2 N–H and O–H groups in total. The lowest BCUT2D eigenvalue weighted by atomic mass is 10.1. The highest BCUT2D eigenvalue weighted by Gasteiger charge is 2.25. The molecular formula is C11H23NO. The number of rotatable bonds is 6. The molecule has 2 heteroatoms. The molecule has 0 aromatic heterocycles. The summed E-state index contributed by atoms with van der Waals surface area (Å²) in [5, 5.41) is 12.8. The Kier molecular flexibility index (Phi) is 4.20. The lowest BCUT2D eigenvalue weighted by Crippen LogP contribution is -2.42. The van der Waals surface area contributed by atoms with Gasteiger partial charge in [0.1, 0.15) is 0 Å². The van der Waals surface area contributed by atoms with E-state index in [0.717, 1.165) is 5.92 Å². The van der Waals surface area contributed by atoms with Gasteiger partial charge in [-0.2, -0.15) is 0 Å². The predicted molar refractivity (Wildman–Crippen MR) is 55.7 cm³/mol. The number of hydrogen-bond donors (Lipinski definition) is 2. The van der Waals surface area contributed by atoms with Crippen LogP contribution in [0, 0.1) is 5.92 Å². The summed E-state index contributed by atoms with van der Waals surface area (Å²) in [4.78, 5) is 0. The van der Waals surface area contributed by atoms with Crippen LogP contribution < -0.4 is 5.32 Å².